The maximum absolute atomic E-state index is 13.1. The molecule has 126 valence electrons. The van der Waals surface area contributed by atoms with Gasteiger partial charge in [0.15, 0.2) is 0 Å². The van der Waals surface area contributed by atoms with Crippen molar-refractivity contribution < 1.29 is 9.53 Å². The van der Waals surface area contributed by atoms with Crippen molar-refractivity contribution in [2.75, 3.05) is 13.7 Å². The fraction of sp³-hybridized carbons (Fsp3) is 0.474. The zero-order valence-electron chi connectivity index (χ0n) is 13.9. The van der Waals surface area contributed by atoms with Gasteiger partial charge in [-0.15, -0.1) is 11.3 Å². The third kappa shape index (κ3) is 2.81. The fourth-order valence-electron chi connectivity index (χ4n) is 3.85. The molecule has 2 aliphatic rings. The molecule has 4 rings (SSSR count). The number of hydrogen-bond donors (Lipinski definition) is 0. The number of hydrogen-bond acceptors (Lipinski definition) is 4. The second kappa shape index (κ2) is 6.55. The van der Waals surface area contributed by atoms with Gasteiger partial charge in [-0.3, -0.25) is 4.79 Å². The first-order valence-electron chi connectivity index (χ1n) is 8.62. The monoisotopic (exact) mass is 342 g/mol. The lowest BCUT2D eigenvalue weighted by molar-refractivity contribution is -0.136. The number of amides is 1. The molecule has 1 amide bonds. The first-order valence-corrected chi connectivity index (χ1v) is 9.50. The van der Waals surface area contributed by atoms with Gasteiger partial charge in [-0.2, -0.15) is 0 Å². The SMILES string of the molecule is COc1ccccc1C1CC1C(=O)N1CCCCC1c1nccs1. The number of benzene rings is 1. The van der Waals surface area contributed by atoms with Gasteiger partial charge in [0.25, 0.3) is 0 Å². The minimum absolute atomic E-state index is 0.0989. The van der Waals surface area contributed by atoms with Gasteiger partial charge in [-0.1, -0.05) is 18.2 Å². The maximum atomic E-state index is 13.1. The van der Waals surface area contributed by atoms with Gasteiger partial charge >= 0.3 is 0 Å². The molecule has 3 atom stereocenters. The van der Waals surface area contributed by atoms with Gasteiger partial charge in [0.2, 0.25) is 5.91 Å². The zero-order chi connectivity index (χ0) is 16.5. The van der Waals surface area contributed by atoms with E-state index in [2.05, 4.69) is 16.0 Å². The molecule has 1 aliphatic heterocycles. The van der Waals surface area contributed by atoms with Crippen molar-refractivity contribution in [2.45, 2.75) is 37.6 Å². The molecule has 0 radical (unpaired) electrons. The largest absolute Gasteiger partial charge is 0.496 e. The van der Waals surface area contributed by atoms with Gasteiger partial charge in [-0.05, 0) is 43.2 Å². The third-order valence-electron chi connectivity index (χ3n) is 5.17. The van der Waals surface area contributed by atoms with Gasteiger partial charge in [0.05, 0.1) is 13.2 Å². The zero-order valence-corrected chi connectivity index (χ0v) is 14.7. The van der Waals surface area contributed by atoms with Crippen LogP contribution in [-0.2, 0) is 4.79 Å². The van der Waals surface area contributed by atoms with E-state index in [0.29, 0.717) is 11.8 Å². The molecule has 1 saturated heterocycles. The lowest BCUT2D eigenvalue weighted by Gasteiger charge is -2.35. The summed E-state index contributed by atoms with van der Waals surface area (Å²) in [6.45, 7) is 0.859. The summed E-state index contributed by atoms with van der Waals surface area (Å²) < 4.78 is 5.47. The van der Waals surface area contributed by atoms with E-state index in [9.17, 15) is 4.79 Å². The number of para-hydroxylation sites is 1. The molecule has 2 fully saturated rings. The number of carbonyl (C=O) groups is 1. The number of carbonyl (C=O) groups excluding carboxylic acids is 1. The topological polar surface area (TPSA) is 42.4 Å². The molecule has 2 aromatic rings. The Labute approximate surface area is 146 Å². The molecular weight excluding hydrogens is 320 g/mol. The van der Waals surface area contributed by atoms with E-state index in [-0.39, 0.29) is 12.0 Å². The summed E-state index contributed by atoms with van der Waals surface area (Å²) >= 11 is 1.66. The second-order valence-electron chi connectivity index (χ2n) is 6.60. The Morgan fingerprint density at radius 2 is 2.21 bits per heavy atom. The summed E-state index contributed by atoms with van der Waals surface area (Å²) in [5.74, 6) is 1.59. The van der Waals surface area contributed by atoms with Crippen LogP contribution in [0.3, 0.4) is 0 Å². The summed E-state index contributed by atoms with van der Waals surface area (Å²) in [4.78, 5) is 19.7. The van der Waals surface area contributed by atoms with E-state index in [0.717, 1.165) is 36.6 Å². The van der Waals surface area contributed by atoms with Crippen LogP contribution in [0.4, 0.5) is 0 Å². The normalized spacial score (nSPS) is 26.2. The van der Waals surface area contributed by atoms with Crippen molar-refractivity contribution in [1.29, 1.82) is 0 Å². The Kier molecular flexibility index (Phi) is 4.27. The van der Waals surface area contributed by atoms with Gasteiger partial charge in [0, 0.05) is 24.0 Å². The van der Waals surface area contributed by atoms with Crippen LogP contribution >= 0.6 is 11.3 Å². The third-order valence-corrected chi connectivity index (χ3v) is 6.05. The van der Waals surface area contributed by atoms with Crippen LogP contribution in [0.1, 0.15) is 48.2 Å². The van der Waals surface area contributed by atoms with E-state index in [1.54, 1.807) is 18.4 Å². The molecule has 1 saturated carbocycles. The molecule has 0 N–H and O–H groups in total. The van der Waals surface area contributed by atoms with Crippen molar-refractivity contribution in [3.05, 3.63) is 46.4 Å². The van der Waals surface area contributed by atoms with Gasteiger partial charge in [-0.25, -0.2) is 4.98 Å². The molecule has 1 aliphatic carbocycles. The van der Waals surface area contributed by atoms with Crippen LogP contribution in [0, 0.1) is 5.92 Å². The minimum atomic E-state index is 0.0989. The summed E-state index contributed by atoms with van der Waals surface area (Å²) in [5, 5.41) is 3.08. The van der Waals surface area contributed by atoms with Crippen LogP contribution in [-0.4, -0.2) is 29.4 Å². The lowest BCUT2D eigenvalue weighted by Crippen LogP contribution is -2.39. The minimum Gasteiger partial charge on any atom is -0.496 e. The van der Waals surface area contributed by atoms with E-state index >= 15 is 0 Å². The van der Waals surface area contributed by atoms with E-state index in [4.69, 9.17) is 4.74 Å². The molecule has 24 heavy (non-hydrogen) atoms. The summed E-state index contributed by atoms with van der Waals surface area (Å²) in [5.41, 5.74) is 1.17. The van der Waals surface area contributed by atoms with Crippen LogP contribution in [0.25, 0.3) is 0 Å². The number of nitrogens with zero attached hydrogens (tertiary/aromatic N) is 2. The van der Waals surface area contributed by atoms with E-state index < -0.39 is 0 Å². The average Bonchev–Trinajstić information content (AvgIpc) is 3.25. The number of aromatic nitrogens is 1. The Morgan fingerprint density at radius 1 is 1.33 bits per heavy atom. The molecule has 3 unspecified atom stereocenters. The van der Waals surface area contributed by atoms with Crippen molar-refractivity contribution in [2.24, 2.45) is 5.92 Å². The van der Waals surface area contributed by atoms with Crippen LogP contribution in [0.2, 0.25) is 0 Å². The predicted molar refractivity (Wildman–Crippen MR) is 94.3 cm³/mol. The Morgan fingerprint density at radius 3 is 3.00 bits per heavy atom. The van der Waals surface area contributed by atoms with Crippen LogP contribution in [0.5, 0.6) is 5.75 Å². The number of thiazole rings is 1. The van der Waals surface area contributed by atoms with E-state index in [1.807, 2.05) is 29.8 Å². The van der Waals surface area contributed by atoms with Crippen molar-refractivity contribution in [3.8, 4) is 5.75 Å². The quantitative estimate of drug-likeness (QED) is 0.843. The molecule has 4 nitrogen and oxygen atoms in total. The molecule has 1 aromatic heterocycles. The molecule has 5 heteroatoms. The Hall–Kier alpha value is -1.88. The lowest BCUT2D eigenvalue weighted by atomic mass is 10.0. The molecule has 2 heterocycles. The summed E-state index contributed by atoms with van der Waals surface area (Å²) in [6.07, 6.45) is 6.08. The average molecular weight is 342 g/mol. The van der Waals surface area contributed by atoms with Gasteiger partial charge < -0.3 is 9.64 Å². The molecule has 1 aromatic carbocycles. The van der Waals surface area contributed by atoms with Crippen LogP contribution < -0.4 is 4.74 Å². The fourth-order valence-corrected chi connectivity index (χ4v) is 4.63. The van der Waals surface area contributed by atoms with Crippen molar-refractivity contribution in [3.63, 3.8) is 0 Å². The van der Waals surface area contributed by atoms with Crippen LogP contribution in [0.15, 0.2) is 35.8 Å². The van der Waals surface area contributed by atoms with Crippen molar-refractivity contribution >= 4 is 17.2 Å². The second-order valence-corrected chi connectivity index (χ2v) is 7.53. The molecule has 0 bridgehead atoms. The highest BCUT2D eigenvalue weighted by Gasteiger charge is 2.48. The smallest absolute Gasteiger partial charge is 0.226 e. The molecule has 0 spiro atoms. The van der Waals surface area contributed by atoms with Crippen molar-refractivity contribution in [1.82, 2.24) is 9.88 Å². The highest BCUT2D eigenvalue weighted by Crippen LogP contribution is 2.52. The Bertz CT molecular complexity index is 716. The Balaban J connectivity index is 1.52. The number of ether oxygens (including phenoxy) is 1. The first kappa shape index (κ1) is 15.6. The number of likely N-dealkylation sites (tertiary alicyclic amines) is 1. The van der Waals surface area contributed by atoms with E-state index in [1.165, 1.54) is 12.0 Å². The first-order chi connectivity index (χ1) is 11.8. The molecular formula is C19H22N2O2S. The number of methoxy groups -OCH3 is 1. The highest BCUT2D eigenvalue weighted by atomic mass is 32.1. The summed E-state index contributed by atoms with van der Waals surface area (Å²) in [7, 11) is 1.70. The highest BCUT2D eigenvalue weighted by molar-refractivity contribution is 7.09. The summed E-state index contributed by atoms with van der Waals surface area (Å²) in [6, 6.07) is 8.24. The maximum Gasteiger partial charge on any atom is 0.226 e. The van der Waals surface area contributed by atoms with Gasteiger partial charge in [0.1, 0.15) is 10.8 Å². The standard InChI is InChI=1S/C19H22N2O2S/c1-23-17-8-3-2-6-13(17)14-12-15(14)19(22)21-10-5-4-7-16(21)18-20-9-11-24-18/h2-3,6,8-9,11,14-16H,4-5,7,10,12H2,1H3. The predicted octanol–water partition coefficient (Wildman–Crippen LogP) is 4.01. The number of piperidine rings is 1. The number of rotatable bonds is 4.